The molecule has 0 bridgehead atoms. The number of rotatable bonds is 7. The van der Waals surface area contributed by atoms with Crippen LogP contribution in [0.15, 0.2) is 58.6 Å². The minimum Gasteiger partial charge on any atom is -0.368 e. The van der Waals surface area contributed by atoms with Gasteiger partial charge in [-0.3, -0.25) is 24.8 Å². The molecule has 3 rings (SSSR count). The van der Waals surface area contributed by atoms with Crippen LogP contribution in [0.1, 0.15) is 42.3 Å². The summed E-state index contributed by atoms with van der Waals surface area (Å²) in [4.78, 5) is 40.5. The number of anilines is 1. The van der Waals surface area contributed by atoms with Gasteiger partial charge < -0.3 is 11.1 Å². The van der Waals surface area contributed by atoms with Crippen molar-refractivity contribution in [3.63, 3.8) is 0 Å². The molecule has 1 heterocycles. The second-order valence-corrected chi connectivity index (χ2v) is 7.96. The number of aliphatic imine (C=N–C) groups is 1. The molecule has 160 valence electrons. The van der Waals surface area contributed by atoms with Crippen molar-refractivity contribution < 1.29 is 14.4 Å². The van der Waals surface area contributed by atoms with Gasteiger partial charge in [0, 0.05) is 11.1 Å². The smallest absolute Gasteiger partial charge is 0.274 e. The van der Waals surface area contributed by atoms with Gasteiger partial charge in [-0.25, -0.2) is 0 Å². The molecule has 2 aromatic rings. The maximum atomic E-state index is 12.9. The number of hydrogen-bond donors (Lipinski definition) is 3. The first-order chi connectivity index (χ1) is 14.7. The van der Waals surface area contributed by atoms with Gasteiger partial charge in [-0.1, -0.05) is 36.4 Å². The molecule has 0 aromatic heterocycles. The molecule has 0 atom stereocenters. The highest BCUT2D eigenvalue weighted by Gasteiger charge is 2.31. The monoisotopic (exact) mass is 419 g/mol. The lowest BCUT2D eigenvalue weighted by Gasteiger charge is -2.29. The van der Waals surface area contributed by atoms with Gasteiger partial charge in [0.15, 0.2) is 11.5 Å². The fourth-order valence-corrected chi connectivity index (χ4v) is 3.35. The molecule has 0 saturated heterocycles. The van der Waals surface area contributed by atoms with E-state index in [1.54, 1.807) is 24.3 Å². The number of primary amides is 1. The molecule has 0 spiro atoms. The number of nitrogens with zero attached hydrogens (tertiary/aromatic N) is 2. The van der Waals surface area contributed by atoms with Crippen molar-refractivity contribution in [2.75, 3.05) is 12.0 Å². The SMILES string of the molecule is CC(=O)c1cccc(NN=C(C(=O)NCC(N)=O)C2=NC(C)(C)Cc3ccccc32)c1. The van der Waals surface area contributed by atoms with E-state index >= 15 is 0 Å². The quantitative estimate of drug-likeness (QED) is 0.361. The van der Waals surface area contributed by atoms with Crippen molar-refractivity contribution in [3.8, 4) is 0 Å². The molecule has 2 amide bonds. The molecule has 0 saturated carbocycles. The van der Waals surface area contributed by atoms with Crippen LogP contribution < -0.4 is 16.5 Å². The summed E-state index contributed by atoms with van der Waals surface area (Å²) in [6.45, 7) is 5.11. The van der Waals surface area contributed by atoms with E-state index in [2.05, 4.69) is 15.8 Å². The fraction of sp³-hybridized carbons (Fsp3) is 0.261. The number of hydrazone groups is 1. The van der Waals surface area contributed by atoms with Gasteiger partial charge in [0.1, 0.15) is 0 Å². The number of Topliss-reactive ketones (excluding diaryl/α,β-unsaturated/α-hetero) is 1. The fourth-order valence-electron chi connectivity index (χ4n) is 3.35. The molecular weight excluding hydrogens is 394 g/mol. The number of fused-ring (bicyclic) bond motifs is 1. The lowest BCUT2D eigenvalue weighted by Crippen LogP contribution is -2.43. The summed E-state index contributed by atoms with van der Waals surface area (Å²) in [6.07, 6.45) is 0.719. The molecule has 1 aliphatic heterocycles. The van der Waals surface area contributed by atoms with Gasteiger partial charge in [0.05, 0.1) is 23.5 Å². The lowest BCUT2D eigenvalue weighted by atomic mass is 9.85. The standard InChI is InChI=1S/C23H25N5O3/c1-14(29)15-8-6-9-17(11-15)27-28-21(22(31)25-13-19(24)30)20-18-10-5-4-7-16(18)12-23(2,3)26-20/h4-11,27H,12-13H2,1-3H3,(H2,24,30)(H,25,31). The summed E-state index contributed by atoms with van der Waals surface area (Å²) in [5.74, 6) is -1.33. The maximum Gasteiger partial charge on any atom is 0.274 e. The van der Waals surface area contributed by atoms with Crippen molar-refractivity contribution in [2.45, 2.75) is 32.7 Å². The van der Waals surface area contributed by atoms with Gasteiger partial charge in [-0.05, 0) is 44.9 Å². The van der Waals surface area contributed by atoms with Crippen LogP contribution in [-0.4, -0.2) is 41.1 Å². The molecule has 0 fully saturated rings. The Bertz CT molecular complexity index is 1100. The first-order valence-electron chi connectivity index (χ1n) is 9.86. The molecule has 0 aliphatic carbocycles. The molecule has 0 unspecified atom stereocenters. The number of benzene rings is 2. The van der Waals surface area contributed by atoms with Crippen LogP contribution in [0.4, 0.5) is 5.69 Å². The summed E-state index contributed by atoms with van der Waals surface area (Å²) in [7, 11) is 0. The summed E-state index contributed by atoms with van der Waals surface area (Å²) >= 11 is 0. The third-order valence-corrected chi connectivity index (χ3v) is 4.74. The highest BCUT2D eigenvalue weighted by molar-refractivity contribution is 6.70. The Balaban J connectivity index is 2.04. The van der Waals surface area contributed by atoms with E-state index in [1.165, 1.54) is 6.92 Å². The molecular formula is C23H25N5O3. The molecule has 0 radical (unpaired) electrons. The normalized spacial score (nSPS) is 14.8. The topological polar surface area (TPSA) is 126 Å². The zero-order valence-corrected chi connectivity index (χ0v) is 17.7. The average Bonchev–Trinajstić information content (AvgIpc) is 2.71. The van der Waals surface area contributed by atoms with Crippen LogP contribution in [0.3, 0.4) is 0 Å². The second-order valence-electron chi connectivity index (χ2n) is 7.96. The Morgan fingerprint density at radius 3 is 2.58 bits per heavy atom. The van der Waals surface area contributed by atoms with Gasteiger partial charge in [-0.2, -0.15) is 5.10 Å². The number of amides is 2. The van der Waals surface area contributed by atoms with Crippen LogP contribution in [-0.2, 0) is 16.0 Å². The Hall–Kier alpha value is -3.81. The van der Waals surface area contributed by atoms with E-state index in [0.29, 0.717) is 17.0 Å². The van der Waals surface area contributed by atoms with Crippen molar-refractivity contribution in [1.82, 2.24) is 5.32 Å². The molecule has 2 aromatic carbocycles. The highest BCUT2D eigenvalue weighted by Crippen LogP contribution is 2.27. The Morgan fingerprint density at radius 2 is 1.87 bits per heavy atom. The average molecular weight is 419 g/mol. The van der Waals surface area contributed by atoms with Crippen LogP contribution in [0.2, 0.25) is 0 Å². The first-order valence-corrected chi connectivity index (χ1v) is 9.86. The van der Waals surface area contributed by atoms with E-state index in [4.69, 9.17) is 10.7 Å². The van der Waals surface area contributed by atoms with Crippen molar-refractivity contribution in [3.05, 3.63) is 65.2 Å². The third-order valence-electron chi connectivity index (χ3n) is 4.74. The van der Waals surface area contributed by atoms with Gasteiger partial charge in [0.2, 0.25) is 5.91 Å². The third kappa shape index (κ3) is 5.42. The second kappa shape index (κ2) is 8.91. The highest BCUT2D eigenvalue weighted by atomic mass is 16.2. The predicted octanol–water partition coefficient (Wildman–Crippen LogP) is 2.08. The molecule has 4 N–H and O–H groups in total. The van der Waals surface area contributed by atoms with E-state index in [1.807, 2.05) is 38.1 Å². The lowest BCUT2D eigenvalue weighted by molar-refractivity contribution is -0.121. The van der Waals surface area contributed by atoms with E-state index in [0.717, 1.165) is 17.5 Å². The summed E-state index contributed by atoms with van der Waals surface area (Å²) in [5.41, 5.74) is 10.9. The molecule has 8 heteroatoms. The summed E-state index contributed by atoms with van der Waals surface area (Å²) in [6, 6.07) is 14.5. The first kappa shape index (κ1) is 21.9. The number of nitrogens with two attached hydrogens (primary N) is 1. The van der Waals surface area contributed by atoms with Gasteiger partial charge in [-0.15, -0.1) is 0 Å². The summed E-state index contributed by atoms with van der Waals surface area (Å²) < 4.78 is 0. The Labute approximate surface area is 180 Å². The molecule has 1 aliphatic rings. The number of hydrogen-bond acceptors (Lipinski definition) is 6. The molecule has 31 heavy (non-hydrogen) atoms. The minimum atomic E-state index is -0.666. The zero-order chi connectivity index (χ0) is 22.6. The number of ketones is 1. The Morgan fingerprint density at radius 1 is 1.13 bits per heavy atom. The van der Waals surface area contributed by atoms with Crippen LogP contribution in [0.25, 0.3) is 0 Å². The van der Waals surface area contributed by atoms with E-state index in [9.17, 15) is 14.4 Å². The number of nitrogens with one attached hydrogen (secondary N) is 2. The minimum absolute atomic E-state index is 0.0229. The number of carbonyl (C=O) groups is 3. The van der Waals surface area contributed by atoms with Crippen molar-refractivity contribution in [1.29, 1.82) is 0 Å². The van der Waals surface area contributed by atoms with Crippen LogP contribution in [0.5, 0.6) is 0 Å². The number of carbonyl (C=O) groups excluding carboxylic acids is 3. The van der Waals surface area contributed by atoms with Gasteiger partial charge >= 0.3 is 0 Å². The van der Waals surface area contributed by atoms with Crippen LogP contribution in [0, 0.1) is 0 Å². The zero-order valence-electron chi connectivity index (χ0n) is 17.7. The van der Waals surface area contributed by atoms with E-state index in [-0.39, 0.29) is 18.0 Å². The van der Waals surface area contributed by atoms with Crippen molar-refractivity contribution >= 4 is 34.7 Å². The summed E-state index contributed by atoms with van der Waals surface area (Å²) in [5, 5.41) is 6.81. The Kier molecular flexibility index (Phi) is 6.29. The van der Waals surface area contributed by atoms with Crippen LogP contribution >= 0.6 is 0 Å². The van der Waals surface area contributed by atoms with Gasteiger partial charge in [0.25, 0.3) is 5.91 Å². The van der Waals surface area contributed by atoms with Crippen molar-refractivity contribution in [2.24, 2.45) is 15.8 Å². The molecule has 8 nitrogen and oxygen atoms in total. The largest absolute Gasteiger partial charge is 0.368 e. The van der Waals surface area contributed by atoms with E-state index < -0.39 is 17.4 Å². The predicted molar refractivity (Wildman–Crippen MR) is 120 cm³/mol. The maximum absolute atomic E-state index is 12.9.